The van der Waals surface area contributed by atoms with Gasteiger partial charge in [-0.15, -0.1) is 0 Å². The van der Waals surface area contributed by atoms with Crippen LogP contribution in [0.4, 0.5) is 11.4 Å². The molecule has 0 radical (unpaired) electrons. The molecule has 0 saturated carbocycles. The monoisotopic (exact) mass is 452 g/mol. The van der Waals surface area contributed by atoms with Gasteiger partial charge in [0, 0.05) is 12.2 Å². The molecular weight excluding hydrogens is 428 g/mol. The van der Waals surface area contributed by atoms with Gasteiger partial charge in [-0.05, 0) is 53.1 Å². The molecular formula is C28H24N2O4. The second-order valence-corrected chi connectivity index (χ2v) is 8.06. The highest BCUT2D eigenvalue weighted by Crippen LogP contribution is 2.31. The Balaban J connectivity index is 1.41. The van der Waals surface area contributed by atoms with Crippen molar-refractivity contribution < 1.29 is 19.1 Å². The molecule has 1 aliphatic heterocycles. The molecule has 170 valence electrons. The number of benzene rings is 4. The molecule has 6 nitrogen and oxygen atoms in total. The number of nitrogens with zero attached hydrogens (tertiary/aromatic N) is 1. The van der Waals surface area contributed by atoms with Crippen LogP contribution in [0.15, 0.2) is 84.9 Å². The van der Waals surface area contributed by atoms with Gasteiger partial charge in [-0.1, -0.05) is 54.6 Å². The first kappa shape index (κ1) is 21.5. The number of amides is 2. The highest BCUT2D eigenvalue weighted by atomic mass is 16.5. The molecule has 2 amide bonds. The van der Waals surface area contributed by atoms with E-state index in [0.29, 0.717) is 29.3 Å². The van der Waals surface area contributed by atoms with E-state index in [-0.39, 0.29) is 18.4 Å². The van der Waals surface area contributed by atoms with Crippen LogP contribution in [0.2, 0.25) is 0 Å². The largest absolute Gasteiger partial charge is 0.495 e. The van der Waals surface area contributed by atoms with Crippen molar-refractivity contribution in [1.29, 1.82) is 0 Å². The first-order chi connectivity index (χ1) is 16.6. The van der Waals surface area contributed by atoms with Gasteiger partial charge in [0.1, 0.15) is 11.5 Å². The van der Waals surface area contributed by atoms with Gasteiger partial charge in [0.05, 0.1) is 18.4 Å². The molecule has 1 N–H and O–H groups in total. The molecule has 0 unspecified atom stereocenters. The minimum absolute atomic E-state index is 0.144. The lowest BCUT2D eigenvalue weighted by Gasteiger charge is -2.19. The Morgan fingerprint density at radius 2 is 1.59 bits per heavy atom. The maximum Gasteiger partial charge on any atom is 0.264 e. The molecule has 0 saturated heterocycles. The summed E-state index contributed by atoms with van der Waals surface area (Å²) in [6.07, 6.45) is 0.824. The van der Waals surface area contributed by atoms with E-state index in [9.17, 15) is 9.59 Å². The molecule has 0 spiro atoms. The van der Waals surface area contributed by atoms with Crippen LogP contribution in [0.1, 0.15) is 15.9 Å². The summed E-state index contributed by atoms with van der Waals surface area (Å²) in [4.78, 5) is 28.0. The summed E-state index contributed by atoms with van der Waals surface area (Å²) in [7, 11) is 1.55. The van der Waals surface area contributed by atoms with Crippen LogP contribution in [-0.2, 0) is 11.2 Å². The van der Waals surface area contributed by atoms with Crippen LogP contribution in [0, 0.1) is 0 Å². The normalized spacial score (nSPS) is 12.3. The lowest BCUT2D eigenvalue weighted by Crippen LogP contribution is -2.33. The first-order valence-electron chi connectivity index (χ1n) is 11.1. The van der Waals surface area contributed by atoms with Gasteiger partial charge in [-0.2, -0.15) is 0 Å². The van der Waals surface area contributed by atoms with Crippen LogP contribution < -0.4 is 19.7 Å². The zero-order valence-corrected chi connectivity index (χ0v) is 18.8. The summed E-state index contributed by atoms with van der Waals surface area (Å²) in [5, 5.41) is 4.72. The number of methoxy groups -OCH3 is 1. The lowest BCUT2D eigenvalue weighted by atomic mass is 10.1. The molecule has 1 aliphatic rings. The van der Waals surface area contributed by atoms with Gasteiger partial charge in [-0.25, -0.2) is 0 Å². The summed E-state index contributed by atoms with van der Waals surface area (Å²) in [5.74, 6) is 0.423. The molecule has 0 aromatic heterocycles. The number of para-hydroxylation sites is 3. The number of fused-ring (bicyclic) bond motifs is 2. The fourth-order valence-electron chi connectivity index (χ4n) is 4.27. The summed E-state index contributed by atoms with van der Waals surface area (Å²) < 4.78 is 11.3. The quantitative estimate of drug-likeness (QED) is 0.444. The minimum Gasteiger partial charge on any atom is -0.495 e. The Hall–Kier alpha value is -4.32. The number of carbonyl (C=O) groups is 2. The fraction of sp³-hybridized carbons (Fsp3) is 0.143. The predicted octanol–water partition coefficient (Wildman–Crippen LogP) is 5.07. The molecule has 5 rings (SSSR count). The van der Waals surface area contributed by atoms with Crippen molar-refractivity contribution >= 4 is 34.0 Å². The van der Waals surface area contributed by atoms with Crippen LogP contribution >= 0.6 is 0 Å². The maximum absolute atomic E-state index is 13.3. The van der Waals surface area contributed by atoms with E-state index in [4.69, 9.17) is 9.47 Å². The van der Waals surface area contributed by atoms with Crippen molar-refractivity contribution in [2.75, 3.05) is 30.5 Å². The van der Waals surface area contributed by atoms with Crippen molar-refractivity contribution in [3.8, 4) is 11.5 Å². The zero-order valence-electron chi connectivity index (χ0n) is 18.8. The Kier molecular flexibility index (Phi) is 5.87. The minimum atomic E-state index is -0.343. The van der Waals surface area contributed by atoms with E-state index < -0.39 is 0 Å². The topological polar surface area (TPSA) is 67.9 Å². The van der Waals surface area contributed by atoms with Crippen LogP contribution in [0.3, 0.4) is 0 Å². The van der Waals surface area contributed by atoms with Gasteiger partial charge < -0.3 is 19.7 Å². The number of carbonyl (C=O) groups excluding carboxylic acids is 2. The number of ether oxygens (including phenoxy) is 2. The third kappa shape index (κ3) is 4.18. The molecule has 4 aromatic carbocycles. The molecule has 0 bridgehead atoms. The van der Waals surface area contributed by atoms with Crippen molar-refractivity contribution in [2.24, 2.45) is 0 Å². The van der Waals surface area contributed by atoms with Gasteiger partial charge in [0.25, 0.3) is 11.8 Å². The number of anilines is 2. The van der Waals surface area contributed by atoms with E-state index in [2.05, 4.69) is 5.32 Å². The third-order valence-electron chi connectivity index (χ3n) is 5.99. The summed E-state index contributed by atoms with van der Waals surface area (Å²) >= 11 is 0. The molecule has 4 aromatic rings. The number of hydrogen-bond acceptors (Lipinski definition) is 4. The van der Waals surface area contributed by atoms with Gasteiger partial charge in [0.15, 0.2) is 6.61 Å². The predicted molar refractivity (Wildman–Crippen MR) is 133 cm³/mol. The van der Waals surface area contributed by atoms with E-state index in [1.54, 1.807) is 36.3 Å². The van der Waals surface area contributed by atoms with Crippen molar-refractivity contribution in [3.05, 3.63) is 96.1 Å². The van der Waals surface area contributed by atoms with Crippen LogP contribution in [-0.4, -0.2) is 32.1 Å². The Labute approximate surface area is 197 Å². The van der Waals surface area contributed by atoms with Crippen molar-refractivity contribution in [2.45, 2.75) is 6.42 Å². The Morgan fingerprint density at radius 1 is 0.882 bits per heavy atom. The third-order valence-corrected chi connectivity index (χ3v) is 5.99. The molecule has 0 atom stereocenters. The molecule has 1 heterocycles. The molecule has 6 heteroatoms. The van der Waals surface area contributed by atoms with E-state index in [0.717, 1.165) is 28.4 Å². The molecule has 0 aliphatic carbocycles. The molecule has 34 heavy (non-hydrogen) atoms. The highest BCUT2D eigenvalue weighted by Gasteiger charge is 2.25. The maximum atomic E-state index is 13.3. The van der Waals surface area contributed by atoms with Crippen molar-refractivity contribution in [3.63, 3.8) is 0 Å². The molecule has 0 fully saturated rings. The zero-order chi connectivity index (χ0) is 23.5. The average molecular weight is 453 g/mol. The number of rotatable bonds is 6. The average Bonchev–Trinajstić information content (AvgIpc) is 3.31. The second-order valence-electron chi connectivity index (χ2n) is 8.06. The van der Waals surface area contributed by atoms with E-state index in [1.807, 2.05) is 60.7 Å². The van der Waals surface area contributed by atoms with E-state index >= 15 is 0 Å². The van der Waals surface area contributed by atoms with Crippen LogP contribution in [0.5, 0.6) is 11.5 Å². The number of nitrogens with one attached hydrogen (secondary N) is 1. The van der Waals surface area contributed by atoms with Crippen molar-refractivity contribution in [1.82, 2.24) is 0 Å². The summed E-state index contributed by atoms with van der Waals surface area (Å²) in [6.45, 7) is 0.460. The first-order valence-corrected chi connectivity index (χ1v) is 11.1. The standard InChI is InChI=1S/C28H24N2O4/c1-33-25-13-7-5-11-23(25)29-28(32)22-16-20-9-2-3-10-21(20)17-26(22)34-18-27(31)30-15-14-19-8-4-6-12-24(19)30/h2-13,16-17H,14-15,18H2,1H3,(H,29,32). The highest BCUT2D eigenvalue weighted by molar-refractivity contribution is 6.09. The lowest BCUT2D eigenvalue weighted by molar-refractivity contribution is -0.120. The smallest absolute Gasteiger partial charge is 0.264 e. The van der Waals surface area contributed by atoms with E-state index in [1.165, 1.54) is 0 Å². The summed E-state index contributed by atoms with van der Waals surface area (Å²) in [6, 6.07) is 26.4. The summed E-state index contributed by atoms with van der Waals surface area (Å²) in [5.41, 5.74) is 2.97. The SMILES string of the molecule is COc1ccccc1NC(=O)c1cc2ccccc2cc1OCC(=O)N1CCc2ccccc21. The number of hydrogen-bond donors (Lipinski definition) is 1. The van der Waals surface area contributed by atoms with Crippen LogP contribution in [0.25, 0.3) is 10.8 Å². The van der Waals surface area contributed by atoms with Gasteiger partial charge in [-0.3, -0.25) is 9.59 Å². The van der Waals surface area contributed by atoms with Gasteiger partial charge in [0.2, 0.25) is 0 Å². The Morgan fingerprint density at radius 3 is 2.41 bits per heavy atom. The fourth-order valence-corrected chi connectivity index (χ4v) is 4.27. The second kappa shape index (κ2) is 9.27. The van der Waals surface area contributed by atoms with Gasteiger partial charge >= 0.3 is 0 Å². The Bertz CT molecular complexity index is 1380.